The molecule has 9 heteroatoms. The van der Waals surface area contributed by atoms with E-state index in [4.69, 9.17) is 4.42 Å². The van der Waals surface area contributed by atoms with Crippen molar-refractivity contribution in [2.45, 2.75) is 0 Å². The van der Waals surface area contributed by atoms with Gasteiger partial charge in [0.05, 0.1) is 11.4 Å². The lowest BCUT2D eigenvalue weighted by Crippen LogP contribution is -2.21. The first kappa shape index (κ1) is 25.0. The number of nitrogens with zero attached hydrogens (tertiary/aromatic N) is 4. The fourth-order valence-electron chi connectivity index (χ4n) is 3.71. The van der Waals surface area contributed by atoms with Gasteiger partial charge in [-0.05, 0) is 36.4 Å². The largest absolute Gasteiger partial charge is 0.446 e. The third-order valence-corrected chi connectivity index (χ3v) is 5.59. The smallest absolute Gasteiger partial charge is 0.307 e. The number of benzene rings is 2. The molecule has 0 aliphatic heterocycles. The highest BCUT2D eigenvalue weighted by Gasteiger charge is 2.17. The lowest BCUT2D eigenvalue weighted by molar-refractivity contribution is 0.0902. The number of pyridine rings is 2. The van der Waals surface area contributed by atoms with Crippen molar-refractivity contribution in [3.05, 3.63) is 156 Å². The molecule has 3 aromatic heterocycles. The van der Waals surface area contributed by atoms with Gasteiger partial charge in [-0.3, -0.25) is 19.6 Å². The van der Waals surface area contributed by atoms with Gasteiger partial charge in [-0.2, -0.15) is 10.2 Å². The lowest BCUT2D eigenvalue weighted by Gasteiger charge is -2.07. The third-order valence-electron chi connectivity index (χ3n) is 5.59. The van der Waals surface area contributed by atoms with E-state index in [0.717, 1.165) is 22.3 Å². The normalized spacial score (nSPS) is 11.6. The van der Waals surface area contributed by atoms with Crippen LogP contribution in [0.1, 0.15) is 43.4 Å². The maximum atomic E-state index is 12.8. The lowest BCUT2D eigenvalue weighted by atomic mass is 10.0. The number of carbonyl (C=O) groups is 2. The van der Waals surface area contributed by atoms with Crippen LogP contribution in [0.4, 0.5) is 0 Å². The second-order valence-corrected chi connectivity index (χ2v) is 8.17. The Hall–Kier alpha value is -5.70. The minimum absolute atomic E-state index is 0.0764. The maximum absolute atomic E-state index is 12.8. The number of hydrazone groups is 2. The molecule has 0 spiro atoms. The first-order valence-electron chi connectivity index (χ1n) is 12.0. The zero-order valence-corrected chi connectivity index (χ0v) is 20.6. The Morgan fingerprint density at radius 2 is 0.872 bits per heavy atom. The molecular weight excluding hydrogens is 492 g/mol. The predicted octanol–water partition coefficient (Wildman–Crippen LogP) is 4.43. The molecule has 0 bridgehead atoms. The zero-order chi connectivity index (χ0) is 26.9. The molecule has 5 rings (SSSR count). The standard InChI is InChI=1S/C30H22N6O3/c37-29(35-33-27(21-7-3-1-4-8-21)23-13-17-31-18-14-23)25-11-12-26(39-25)30(38)36-34-28(22-9-5-2-6-10-22)24-15-19-32-20-16-24/h1-20H,(H,35,37)(H,36,38). The molecule has 3 heterocycles. The van der Waals surface area contributed by atoms with Crippen LogP contribution in [0.15, 0.2) is 136 Å². The van der Waals surface area contributed by atoms with Crippen LogP contribution in [-0.2, 0) is 0 Å². The van der Waals surface area contributed by atoms with Crippen molar-refractivity contribution in [3.63, 3.8) is 0 Å². The Kier molecular flexibility index (Phi) is 7.70. The summed E-state index contributed by atoms with van der Waals surface area (Å²) in [7, 11) is 0. The average Bonchev–Trinajstić information content (AvgIpc) is 3.50. The van der Waals surface area contributed by atoms with Crippen molar-refractivity contribution >= 4 is 23.2 Å². The van der Waals surface area contributed by atoms with Crippen molar-refractivity contribution in [2.24, 2.45) is 10.2 Å². The number of hydrogen-bond donors (Lipinski definition) is 2. The summed E-state index contributed by atoms with van der Waals surface area (Å²) in [5.74, 6) is -1.37. The van der Waals surface area contributed by atoms with Crippen LogP contribution in [0.25, 0.3) is 0 Å². The molecule has 0 saturated heterocycles. The van der Waals surface area contributed by atoms with Gasteiger partial charge in [0.2, 0.25) is 0 Å². The van der Waals surface area contributed by atoms with Gasteiger partial charge < -0.3 is 4.42 Å². The molecule has 0 aliphatic carbocycles. The zero-order valence-electron chi connectivity index (χ0n) is 20.6. The molecule has 0 atom stereocenters. The number of carbonyl (C=O) groups excluding carboxylic acids is 2. The van der Waals surface area contributed by atoms with Gasteiger partial charge in [0.25, 0.3) is 0 Å². The van der Waals surface area contributed by atoms with Crippen molar-refractivity contribution in [1.82, 2.24) is 20.8 Å². The van der Waals surface area contributed by atoms with Crippen LogP contribution in [-0.4, -0.2) is 33.2 Å². The van der Waals surface area contributed by atoms with Crippen LogP contribution in [0.3, 0.4) is 0 Å². The van der Waals surface area contributed by atoms with Gasteiger partial charge in [0, 0.05) is 47.0 Å². The number of furan rings is 1. The quantitative estimate of drug-likeness (QED) is 0.234. The Morgan fingerprint density at radius 3 is 1.26 bits per heavy atom. The molecule has 2 N–H and O–H groups in total. The highest BCUT2D eigenvalue weighted by Crippen LogP contribution is 2.13. The molecule has 0 unspecified atom stereocenters. The van der Waals surface area contributed by atoms with Gasteiger partial charge in [0.1, 0.15) is 0 Å². The fourth-order valence-corrected chi connectivity index (χ4v) is 3.71. The van der Waals surface area contributed by atoms with E-state index in [-0.39, 0.29) is 11.5 Å². The van der Waals surface area contributed by atoms with Crippen molar-refractivity contribution < 1.29 is 14.0 Å². The first-order chi connectivity index (χ1) is 19.2. The van der Waals surface area contributed by atoms with E-state index in [9.17, 15) is 9.59 Å². The van der Waals surface area contributed by atoms with Crippen molar-refractivity contribution in [2.75, 3.05) is 0 Å². The van der Waals surface area contributed by atoms with Crippen LogP contribution < -0.4 is 10.9 Å². The van der Waals surface area contributed by atoms with Gasteiger partial charge >= 0.3 is 11.8 Å². The van der Waals surface area contributed by atoms with E-state index in [1.165, 1.54) is 12.1 Å². The topological polar surface area (TPSA) is 122 Å². The average molecular weight is 515 g/mol. The Balaban J connectivity index is 1.32. The van der Waals surface area contributed by atoms with Gasteiger partial charge in [0.15, 0.2) is 11.5 Å². The van der Waals surface area contributed by atoms with Crippen molar-refractivity contribution in [3.8, 4) is 0 Å². The summed E-state index contributed by atoms with van der Waals surface area (Å²) in [4.78, 5) is 33.7. The van der Waals surface area contributed by atoms with E-state index >= 15 is 0 Å². The van der Waals surface area contributed by atoms with Crippen LogP contribution in [0.5, 0.6) is 0 Å². The fraction of sp³-hybridized carbons (Fsp3) is 0. The van der Waals surface area contributed by atoms with E-state index in [0.29, 0.717) is 11.4 Å². The summed E-state index contributed by atoms with van der Waals surface area (Å²) in [6.45, 7) is 0. The van der Waals surface area contributed by atoms with E-state index in [1.807, 2.05) is 60.7 Å². The summed E-state index contributed by atoms with van der Waals surface area (Å²) in [5.41, 5.74) is 9.29. The minimum Gasteiger partial charge on any atom is -0.446 e. The summed E-state index contributed by atoms with van der Waals surface area (Å²) in [6, 6.07) is 28.8. The summed E-state index contributed by atoms with van der Waals surface area (Å²) in [5, 5.41) is 8.65. The minimum atomic E-state index is -0.609. The van der Waals surface area contributed by atoms with Crippen LogP contribution in [0, 0.1) is 0 Å². The molecule has 0 saturated carbocycles. The number of rotatable bonds is 8. The highest BCUT2D eigenvalue weighted by atomic mass is 16.4. The molecule has 0 aliphatic rings. The molecule has 2 amide bonds. The summed E-state index contributed by atoms with van der Waals surface area (Å²) in [6.07, 6.45) is 6.58. The number of nitrogens with one attached hydrogen (secondary N) is 2. The SMILES string of the molecule is O=C(NN=C(c1ccccc1)c1ccncc1)c1ccc(C(=O)NN=C(c2ccccc2)c2ccncc2)o1. The number of amides is 2. The Bertz CT molecular complexity index is 1410. The molecule has 9 nitrogen and oxygen atoms in total. The van der Waals surface area contributed by atoms with E-state index in [1.54, 1.807) is 49.1 Å². The summed E-state index contributed by atoms with van der Waals surface area (Å²) >= 11 is 0. The summed E-state index contributed by atoms with van der Waals surface area (Å²) < 4.78 is 5.51. The van der Waals surface area contributed by atoms with Gasteiger partial charge in [-0.1, -0.05) is 60.7 Å². The van der Waals surface area contributed by atoms with Gasteiger partial charge in [-0.25, -0.2) is 10.9 Å². The van der Waals surface area contributed by atoms with E-state index in [2.05, 4.69) is 31.0 Å². The Labute approximate surface area is 224 Å². The number of aromatic nitrogens is 2. The molecular formula is C30H22N6O3. The molecule has 2 aromatic carbocycles. The second-order valence-electron chi connectivity index (χ2n) is 8.17. The van der Waals surface area contributed by atoms with Crippen LogP contribution >= 0.6 is 0 Å². The first-order valence-corrected chi connectivity index (χ1v) is 12.0. The maximum Gasteiger partial charge on any atom is 0.307 e. The third kappa shape index (κ3) is 6.17. The molecule has 0 radical (unpaired) electrons. The molecule has 39 heavy (non-hydrogen) atoms. The highest BCUT2D eigenvalue weighted by molar-refractivity contribution is 6.14. The number of hydrogen-bond acceptors (Lipinski definition) is 7. The van der Waals surface area contributed by atoms with Crippen LogP contribution in [0.2, 0.25) is 0 Å². The molecule has 190 valence electrons. The van der Waals surface area contributed by atoms with E-state index < -0.39 is 11.8 Å². The predicted molar refractivity (Wildman–Crippen MR) is 146 cm³/mol. The van der Waals surface area contributed by atoms with Crippen molar-refractivity contribution in [1.29, 1.82) is 0 Å². The molecule has 0 fully saturated rings. The Morgan fingerprint density at radius 1 is 0.513 bits per heavy atom. The molecule has 5 aromatic rings. The second kappa shape index (κ2) is 12.0. The monoisotopic (exact) mass is 514 g/mol. The van der Waals surface area contributed by atoms with Gasteiger partial charge in [-0.15, -0.1) is 0 Å².